The highest BCUT2D eigenvalue weighted by atomic mass is 19.1. The van der Waals surface area contributed by atoms with E-state index in [0.29, 0.717) is 5.92 Å². The zero-order valence-electron chi connectivity index (χ0n) is 7.05. The van der Waals surface area contributed by atoms with Gasteiger partial charge in [0.25, 0.3) is 0 Å². The molecule has 6 atom stereocenters. The summed E-state index contributed by atoms with van der Waals surface area (Å²) in [6, 6.07) is 0. The van der Waals surface area contributed by atoms with Crippen molar-refractivity contribution < 1.29 is 8.78 Å². The number of hydrogen-bond acceptors (Lipinski definition) is 0. The van der Waals surface area contributed by atoms with Gasteiger partial charge in [-0.3, -0.25) is 0 Å². The summed E-state index contributed by atoms with van der Waals surface area (Å²) in [4.78, 5) is 0. The summed E-state index contributed by atoms with van der Waals surface area (Å²) in [6.07, 6.45) is 2.12. The van der Waals surface area contributed by atoms with E-state index in [2.05, 4.69) is 0 Å². The number of rotatable bonds is 0. The van der Waals surface area contributed by atoms with Crippen LogP contribution in [0.3, 0.4) is 0 Å². The van der Waals surface area contributed by atoms with Crippen LogP contribution in [0.1, 0.15) is 25.7 Å². The number of alkyl halides is 2. The Morgan fingerprint density at radius 1 is 0.750 bits per heavy atom. The molecule has 0 amide bonds. The zero-order valence-corrected chi connectivity index (χ0v) is 7.05. The van der Waals surface area contributed by atoms with E-state index in [0.717, 1.165) is 25.7 Å². The smallest absolute Gasteiger partial charge is 0.109 e. The van der Waals surface area contributed by atoms with Crippen molar-refractivity contribution in [1.29, 1.82) is 0 Å². The Kier molecular flexibility index (Phi) is 1.34. The molecule has 0 radical (unpaired) electrons. The van der Waals surface area contributed by atoms with Gasteiger partial charge in [-0.15, -0.1) is 0 Å². The monoisotopic (exact) mass is 172 g/mol. The van der Waals surface area contributed by atoms with Crippen molar-refractivity contribution in [3.8, 4) is 0 Å². The zero-order chi connectivity index (χ0) is 8.29. The average molecular weight is 172 g/mol. The molecule has 2 heteroatoms. The van der Waals surface area contributed by atoms with Gasteiger partial charge < -0.3 is 0 Å². The van der Waals surface area contributed by atoms with Crippen LogP contribution in [0.5, 0.6) is 0 Å². The highest BCUT2D eigenvalue weighted by Gasteiger charge is 2.54. The molecule has 0 aromatic heterocycles. The van der Waals surface area contributed by atoms with Crippen molar-refractivity contribution in [2.45, 2.75) is 38.0 Å². The average Bonchev–Trinajstić information content (AvgIpc) is 2.07. The summed E-state index contributed by atoms with van der Waals surface area (Å²) in [5.74, 6) is 0.887. The molecule has 0 heterocycles. The molecule has 4 rings (SSSR count). The van der Waals surface area contributed by atoms with E-state index in [4.69, 9.17) is 0 Å². The van der Waals surface area contributed by atoms with Gasteiger partial charge in [0.05, 0.1) is 0 Å². The van der Waals surface area contributed by atoms with Crippen LogP contribution in [0.2, 0.25) is 0 Å². The van der Waals surface area contributed by atoms with Gasteiger partial charge in [-0.2, -0.15) is 0 Å². The van der Waals surface area contributed by atoms with Gasteiger partial charge in [-0.25, -0.2) is 8.78 Å². The van der Waals surface area contributed by atoms with Gasteiger partial charge in [0.15, 0.2) is 0 Å². The second kappa shape index (κ2) is 2.21. The van der Waals surface area contributed by atoms with Crippen molar-refractivity contribution in [2.75, 3.05) is 0 Å². The summed E-state index contributed by atoms with van der Waals surface area (Å²) in [7, 11) is 0. The molecule has 0 nitrogen and oxygen atoms in total. The summed E-state index contributed by atoms with van der Waals surface area (Å²) in [5, 5.41) is 0. The first-order valence-electron chi connectivity index (χ1n) is 5.04. The molecule has 4 aliphatic rings. The molecule has 0 N–H and O–H groups in total. The molecule has 0 spiro atoms. The molecule has 0 aliphatic heterocycles. The Labute approximate surface area is 71.3 Å². The first-order chi connectivity index (χ1) is 5.75. The fourth-order valence-corrected chi connectivity index (χ4v) is 3.77. The maximum absolute atomic E-state index is 13.5. The van der Waals surface area contributed by atoms with Crippen LogP contribution in [0.25, 0.3) is 0 Å². The van der Waals surface area contributed by atoms with Gasteiger partial charge >= 0.3 is 0 Å². The SMILES string of the molecule is FC1C2CC3CC(C2)[C@@H](F)C1C3. The van der Waals surface area contributed by atoms with Crippen LogP contribution >= 0.6 is 0 Å². The first-order valence-corrected chi connectivity index (χ1v) is 5.04. The quantitative estimate of drug-likeness (QED) is 0.527. The van der Waals surface area contributed by atoms with Gasteiger partial charge in [-0.1, -0.05) is 0 Å². The molecular weight excluding hydrogens is 158 g/mol. The molecule has 4 aliphatic carbocycles. The maximum Gasteiger partial charge on any atom is 0.109 e. The normalized spacial score (nSPS) is 62.5. The minimum Gasteiger partial charge on any atom is -0.247 e. The standard InChI is InChI=1S/C10H14F2/c11-9-6-1-5-2-7(4-6)10(12)8(9)3-5/h5-10H,1-4H2/t5?,6?,7?,8?,9-,10?/m1/s1. The van der Waals surface area contributed by atoms with Gasteiger partial charge in [0.2, 0.25) is 0 Å². The van der Waals surface area contributed by atoms with Crippen molar-refractivity contribution in [3.05, 3.63) is 0 Å². The maximum atomic E-state index is 13.5. The van der Waals surface area contributed by atoms with E-state index >= 15 is 0 Å². The lowest BCUT2D eigenvalue weighted by molar-refractivity contribution is -0.106. The third-order valence-electron chi connectivity index (χ3n) is 4.20. The second-order valence-electron chi connectivity index (χ2n) is 4.88. The molecule has 4 fully saturated rings. The Morgan fingerprint density at radius 3 is 1.92 bits per heavy atom. The fraction of sp³-hybridized carbons (Fsp3) is 1.00. The summed E-state index contributed by atoms with van der Waals surface area (Å²) in [5.41, 5.74) is 0. The first kappa shape index (κ1) is 7.28. The molecule has 0 aromatic rings. The lowest BCUT2D eigenvalue weighted by Gasteiger charge is -2.53. The van der Waals surface area contributed by atoms with Crippen LogP contribution in [0.4, 0.5) is 8.78 Å². The van der Waals surface area contributed by atoms with Crippen LogP contribution in [-0.4, -0.2) is 12.3 Å². The summed E-state index contributed by atoms with van der Waals surface area (Å²) < 4.78 is 27.0. The lowest BCUT2D eigenvalue weighted by atomic mass is 9.54. The minimum absolute atomic E-state index is 0.221. The predicted molar refractivity (Wildman–Crippen MR) is 42.2 cm³/mol. The number of halogens is 2. The van der Waals surface area contributed by atoms with E-state index in [-0.39, 0.29) is 17.8 Å². The van der Waals surface area contributed by atoms with Crippen molar-refractivity contribution in [2.24, 2.45) is 23.7 Å². The Balaban J connectivity index is 1.93. The Hall–Kier alpha value is -0.140. The third-order valence-corrected chi connectivity index (χ3v) is 4.20. The van der Waals surface area contributed by atoms with Crippen LogP contribution in [0.15, 0.2) is 0 Å². The number of hydrogen-bond donors (Lipinski definition) is 0. The second-order valence-corrected chi connectivity index (χ2v) is 4.88. The van der Waals surface area contributed by atoms with E-state index in [1.165, 1.54) is 0 Å². The molecule has 12 heavy (non-hydrogen) atoms. The Bertz CT molecular complexity index is 186. The van der Waals surface area contributed by atoms with Crippen LogP contribution in [-0.2, 0) is 0 Å². The van der Waals surface area contributed by atoms with Crippen molar-refractivity contribution in [3.63, 3.8) is 0 Å². The summed E-state index contributed by atoms with van der Waals surface area (Å²) >= 11 is 0. The molecule has 68 valence electrons. The molecule has 4 saturated carbocycles. The summed E-state index contributed by atoms with van der Waals surface area (Å²) in [6.45, 7) is 0. The topological polar surface area (TPSA) is 0 Å². The van der Waals surface area contributed by atoms with Crippen molar-refractivity contribution in [1.82, 2.24) is 0 Å². The molecule has 0 aromatic carbocycles. The van der Waals surface area contributed by atoms with Gasteiger partial charge in [-0.05, 0) is 43.4 Å². The molecular formula is C10H14F2. The highest BCUT2D eigenvalue weighted by Crippen LogP contribution is 2.55. The predicted octanol–water partition coefficient (Wildman–Crippen LogP) is 2.73. The van der Waals surface area contributed by atoms with Crippen LogP contribution in [0, 0.1) is 23.7 Å². The fourth-order valence-electron chi connectivity index (χ4n) is 3.77. The third kappa shape index (κ3) is 0.763. The Morgan fingerprint density at radius 2 is 1.33 bits per heavy atom. The van der Waals surface area contributed by atoms with Gasteiger partial charge in [0, 0.05) is 5.92 Å². The van der Waals surface area contributed by atoms with E-state index in [9.17, 15) is 8.78 Å². The van der Waals surface area contributed by atoms with E-state index in [1.54, 1.807) is 0 Å². The van der Waals surface area contributed by atoms with Crippen LogP contribution < -0.4 is 0 Å². The minimum atomic E-state index is -0.812. The van der Waals surface area contributed by atoms with E-state index < -0.39 is 12.3 Å². The molecule has 5 unspecified atom stereocenters. The van der Waals surface area contributed by atoms with Gasteiger partial charge in [0.1, 0.15) is 12.3 Å². The highest BCUT2D eigenvalue weighted by molar-refractivity contribution is 5.03. The van der Waals surface area contributed by atoms with E-state index in [1.807, 2.05) is 0 Å². The molecule has 0 saturated heterocycles. The largest absolute Gasteiger partial charge is 0.247 e. The lowest BCUT2D eigenvalue weighted by Crippen LogP contribution is -2.53. The molecule has 4 bridgehead atoms. The van der Waals surface area contributed by atoms with Crippen molar-refractivity contribution >= 4 is 0 Å².